The molecule has 6 heteroatoms. The molecule has 176 valence electrons. The Morgan fingerprint density at radius 2 is 1.71 bits per heavy atom. The van der Waals surface area contributed by atoms with Crippen LogP contribution in [-0.4, -0.2) is 65.3 Å². The van der Waals surface area contributed by atoms with E-state index in [9.17, 15) is 9.59 Å². The van der Waals surface area contributed by atoms with E-state index < -0.39 is 0 Å². The van der Waals surface area contributed by atoms with Crippen LogP contribution in [-0.2, 0) is 11.2 Å². The molecule has 1 fully saturated rings. The Labute approximate surface area is 205 Å². The lowest BCUT2D eigenvalue weighted by atomic mass is 9.90. The van der Waals surface area contributed by atoms with Gasteiger partial charge in [0.05, 0.1) is 12.6 Å². The van der Waals surface area contributed by atoms with Crippen LogP contribution in [0.4, 0.5) is 0 Å². The molecule has 0 saturated carbocycles. The molecule has 2 aliphatic rings. The molecule has 5 rings (SSSR count). The van der Waals surface area contributed by atoms with Crippen LogP contribution in [0.15, 0.2) is 66.0 Å². The summed E-state index contributed by atoms with van der Waals surface area (Å²) in [7, 11) is 0. The highest BCUT2D eigenvalue weighted by molar-refractivity contribution is 7.10. The minimum absolute atomic E-state index is 0.0117. The molecule has 2 aromatic carbocycles. The molecule has 1 saturated heterocycles. The first kappa shape index (κ1) is 22.8. The highest BCUT2D eigenvalue weighted by Crippen LogP contribution is 2.38. The minimum Gasteiger partial charge on any atom is -0.338 e. The summed E-state index contributed by atoms with van der Waals surface area (Å²) in [4.78, 5) is 34.0. The Kier molecular flexibility index (Phi) is 6.53. The number of hydrogen-bond acceptors (Lipinski definition) is 4. The van der Waals surface area contributed by atoms with Crippen molar-refractivity contribution in [1.82, 2.24) is 14.7 Å². The number of amides is 2. The number of carbonyl (C=O) groups is 2. The topological polar surface area (TPSA) is 43.9 Å². The standard InChI is InChI=1S/C28H31N3O2S/c1-20-8-6-7-11-23(20)27-24-13-17-34-25(24)12-14-30(27)19-26(32)29-15-16-31(21(2)18-29)28(33)22-9-4-3-5-10-22/h3-11,13,17,21,27H,12,14-16,18-19H2,1-2H3/t21-,27-/m1/s1. The number of rotatable bonds is 4. The summed E-state index contributed by atoms with van der Waals surface area (Å²) >= 11 is 1.82. The first-order chi connectivity index (χ1) is 16.5. The number of carbonyl (C=O) groups excluding carboxylic acids is 2. The van der Waals surface area contributed by atoms with Crippen LogP contribution < -0.4 is 0 Å². The summed E-state index contributed by atoms with van der Waals surface area (Å²) in [5, 5.41) is 2.17. The van der Waals surface area contributed by atoms with E-state index in [1.54, 1.807) is 0 Å². The Morgan fingerprint density at radius 3 is 2.47 bits per heavy atom. The molecule has 5 nitrogen and oxygen atoms in total. The molecule has 2 atom stereocenters. The second-order valence-electron chi connectivity index (χ2n) is 9.33. The van der Waals surface area contributed by atoms with Crippen molar-refractivity contribution in [3.8, 4) is 0 Å². The number of thiophene rings is 1. The Bertz CT molecular complexity index is 1180. The second-order valence-corrected chi connectivity index (χ2v) is 10.3. The first-order valence-corrected chi connectivity index (χ1v) is 12.9. The largest absolute Gasteiger partial charge is 0.338 e. The van der Waals surface area contributed by atoms with Crippen LogP contribution in [0.3, 0.4) is 0 Å². The second kappa shape index (κ2) is 9.72. The fourth-order valence-corrected chi connectivity index (χ4v) is 6.21. The van der Waals surface area contributed by atoms with Crippen molar-refractivity contribution in [1.29, 1.82) is 0 Å². The number of nitrogens with zero attached hydrogens (tertiary/aromatic N) is 3. The van der Waals surface area contributed by atoms with Crippen LogP contribution in [0.1, 0.15) is 44.9 Å². The summed E-state index contributed by atoms with van der Waals surface area (Å²) in [5.41, 5.74) is 4.58. The van der Waals surface area contributed by atoms with E-state index in [0.29, 0.717) is 31.7 Å². The SMILES string of the molecule is Cc1ccccc1[C@@H]1c2ccsc2CCN1CC(=O)N1CCN(C(=O)c2ccccc2)[C@H](C)C1. The summed E-state index contributed by atoms with van der Waals surface area (Å²) in [6.45, 7) is 7.18. The van der Waals surface area contributed by atoms with Crippen LogP contribution in [0.5, 0.6) is 0 Å². The number of hydrogen-bond donors (Lipinski definition) is 0. The fourth-order valence-electron chi connectivity index (χ4n) is 5.30. The summed E-state index contributed by atoms with van der Waals surface area (Å²) in [6.07, 6.45) is 0.985. The van der Waals surface area contributed by atoms with Gasteiger partial charge >= 0.3 is 0 Å². The van der Waals surface area contributed by atoms with Crippen LogP contribution in [0, 0.1) is 6.92 Å². The molecule has 2 amide bonds. The van der Waals surface area contributed by atoms with Crippen molar-refractivity contribution in [2.75, 3.05) is 32.7 Å². The van der Waals surface area contributed by atoms with Crippen LogP contribution in [0.25, 0.3) is 0 Å². The van der Waals surface area contributed by atoms with Crippen molar-refractivity contribution in [3.63, 3.8) is 0 Å². The third kappa shape index (κ3) is 4.40. The Morgan fingerprint density at radius 1 is 0.941 bits per heavy atom. The molecule has 0 radical (unpaired) electrons. The van der Waals surface area contributed by atoms with E-state index in [-0.39, 0.29) is 23.9 Å². The average Bonchev–Trinajstić information content (AvgIpc) is 3.33. The van der Waals surface area contributed by atoms with E-state index in [4.69, 9.17) is 0 Å². The highest BCUT2D eigenvalue weighted by atomic mass is 32.1. The molecular formula is C28H31N3O2S. The predicted molar refractivity (Wildman–Crippen MR) is 136 cm³/mol. The van der Waals surface area contributed by atoms with Gasteiger partial charge in [0.25, 0.3) is 5.91 Å². The molecule has 0 spiro atoms. The van der Waals surface area contributed by atoms with Crippen molar-refractivity contribution < 1.29 is 9.59 Å². The molecule has 0 N–H and O–H groups in total. The zero-order valence-electron chi connectivity index (χ0n) is 19.8. The van der Waals surface area contributed by atoms with Gasteiger partial charge < -0.3 is 9.80 Å². The fraction of sp³-hybridized carbons (Fsp3) is 0.357. The normalized spacial score (nSPS) is 20.8. The zero-order chi connectivity index (χ0) is 23.7. The molecule has 2 aliphatic heterocycles. The van der Waals surface area contributed by atoms with Gasteiger partial charge in [-0.3, -0.25) is 14.5 Å². The third-order valence-corrected chi connectivity index (χ3v) is 8.15. The van der Waals surface area contributed by atoms with E-state index in [2.05, 4.69) is 47.5 Å². The number of benzene rings is 2. The predicted octanol–water partition coefficient (Wildman–Crippen LogP) is 4.38. The summed E-state index contributed by atoms with van der Waals surface area (Å²) in [6, 6.07) is 20.2. The van der Waals surface area contributed by atoms with Gasteiger partial charge in [0.15, 0.2) is 0 Å². The molecule has 3 aromatic rings. The van der Waals surface area contributed by atoms with Crippen LogP contribution in [0.2, 0.25) is 0 Å². The minimum atomic E-state index is -0.0117. The van der Waals surface area contributed by atoms with Crippen molar-refractivity contribution in [2.45, 2.75) is 32.4 Å². The number of aryl methyl sites for hydroxylation is 1. The van der Waals surface area contributed by atoms with E-state index in [1.807, 2.05) is 58.4 Å². The molecular weight excluding hydrogens is 442 g/mol. The quantitative estimate of drug-likeness (QED) is 0.565. The van der Waals surface area contributed by atoms with Gasteiger partial charge in [-0.15, -0.1) is 11.3 Å². The van der Waals surface area contributed by atoms with Gasteiger partial charge in [-0.25, -0.2) is 0 Å². The van der Waals surface area contributed by atoms with E-state index in [1.165, 1.54) is 21.6 Å². The van der Waals surface area contributed by atoms with Crippen molar-refractivity contribution in [2.24, 2.45) is 0 Å². The monoisotopic (exact) mass is 473 g/mol. The van der Waals surface area contributed by atoms with Crippen molar-refractivity contribution in [3.05, 3.63) is 93.2 Å². The maximum Gasteiger partial charge on any atom is 0.254 e. The smallest absolute Gasteiger partial charge is 0.254 e. The molecule has 1 aromatic heterocycles. The molecule has 0 unspecified atom stereocenters. The average molecular weight is 474 g/mol. The summed E-state index contributed by atoms with van der Waals surface area (Å²) in [5.74, 6) is 0.191. The first-order valence-electron chi connectivity index (χ1n) is 12.0. The van der Waals surface area contributed by atoms with Gasteiger partial charge in [-0.05, 0) is 60.5 Å². The van der Waals surface area contributed by atoms with E-state index >= 15 is 0 Å². The molecule has 3 heterocycles. The maximum atomic E-state index is 13.5. The Balaban J connectivity index is 1.29. The van der Waals surface area contributed by atoms with Gasteiger partial charge in [0.1, 0.15) is 0 Å². The number of piperazine rings is 1. The maximum absolute atomic E-state index is 13.5. The highest BCUT2D eigenvalue weighted by Gasteiger charge is 2.35. The zero-order valence-corrected chi connectivity index (χ0v) is 20.6. The van der Waals surface area contributed by atoms with Gasteiger partial charge in [0, 0.05) is 42.7 Å². The summed E-state index contributed by atoms with van der Waals surface area (Å²) < 4.78 is 0. The Hall–Kier alpha value is -2.96. The lowest BCUT2D eigenvalue weighted by molar-refractivity contribution is -0.135. The lowest BCUT2D eigenvalue weighted by Gasteiger charge is -2.42. The molecule has 0 bridgehead atoms. The van der Waals surface area contributed by atoms with Gasteiger partial charge in [0.2, 0.25) is 5.91 Å². The van der Waals surface area contributed by atoms with E-state index in [0.717, 1.165) is 13.0 Å². The van der Waals surface area contributed by atoms with Gasteiger partial charge in [-0.2, -0.15) is 0 Å². The van der Waals surface area contributed by atoms with Gasteiger partial charge in [-0.1, -0.05) is 42.5 Å². The lowest BCUT2D eigenvalue weighted by Crippen LogP contribution is -2.57. The molecule has 0 aliphatic carbocycles. The third-order valence-electron chi connectivity index (χ3n) is 7.15. The molecule has 34 heavy (non-hydrogen) atoms. The number of fused-ring (bicyclic) bond motifs is 1. The van der Waals surface area contributed by atoms with Crippen LogP contribution >= 0.6 is 11.3 Å². The van der Waals surface area contributed by atoms with Crippen molar-refractivity contribution >= 4 is 23.2 Å².